The van der Waals surface area contributed by atoms with Crippen LogP contribution in [0.15, 0.2) is 12.1 Å². The summed E-state index contributed by atoms with van der Waals surface area (Å²) in [5, 5.41) is 0.399. The van der Waals surface area contributed by atoms with Gasteiger partial charge in [-0.1, -0.05) is 18.5 Å². The van der Waals surface area contributed by atoms with Crippen molar-refractivity contribution in [1.29, 1.82) is 0 Å². The van der Waals surface area contributed by atoms with E-state index in [9.17, 15) is 4.79 Å². The zero-order valence-corrected chi connectivity index (χ0v) is 11.4. The summed E-state index contributed by atoms with van der Waals surface area (Å²) in [6.45, 7) is 4.04. The van der Waals surface area contributed by atoms with Crippen LogP contribution in [0.4, 0.5) is 5.82 Å². The van der Waals surface area contributed by atoms with E-state index in [-0.39, 0.29) is 5.97 Å². The number of aromatic nitrogens is 1. The molecule has 2 heterocycles. The first kappa shape index (κ1) is 13.1. The Morgan fingerprint density at radius 3 is 2.72 bits per heavy atom. The molecule has 1 aliphatic heterocycles. The summed E-state index contributed by atoms with van der Waals surface area (Å²) < 4.78 is 4.78. The molecular weight excluding hydrogens is 252 g/mol. The van der Waals surface area contributed by atoms with Gasteiger partial charge in [0.1, 0.15) is 16.5 Å². The Morgan fingerprint density at radius 1 is 1.44 bits per heavy atom. The third kappa shape index (κ3) is 2.75. The highest BCUT2D eigenvalue weighted by Crippen LogP contribution is 2.26. The number of hydrogen-bond acceptors (Lipinski definition) is 4. The molecule has 0 amide bonds. The number of hydrogen-bond donors (Lipinski definition) is 0. The Labute approximate surface area is 112 Å². The van der Waals surface area contributed by atoms with Crippen molar-refractivity contribution in [2.75, 3.05) is 25.1 Å². The average Bonchev–Trinajstić information content (AvgIpc) is 2.38. The molecule has 98 valence electrons. The molecule has 0 N–H and O–H groups in total. The second kappa shape index (κ2) is 5.57. The highest BCUT2D eigenvalue weighted by Gasteiger charge is 2.22. The van der Waals surface area contributed by atoms with Crippen molar-refractivity contribution in [2.24, 2.45) is 5.92 Å². The lowest BCUT2D eigenvalue weighted by Gasteiger charge is -2.32. The number of pyridine rings is 1. The molecule has 1 aromatic rings. The van der Waals surface area contributed by atoms with Crippen LogP contribution in [0.1, 0.15) is 30.1 Å². The summed E-state index contributed by atoms with van der Waals surface area (Å²) in [6, 6.07) is 3.29. The maximum Gasteiger partial charge on any atom is 0.341 e. The van der Waals surface area contributed by atoms with E-state index in [1.807, 2.05) is 0 Å². The summed E-state index contributed by atoms with van der Waals surface area (Å²) in [6.07, 6.45) is 2.21. The van der Waals surface area contributed by atoms with Gasteiger partial charge in [-0.2, -0.15) is 0 Å². The van der Waals surface area contributed by atoms with Gasteiger partial charge in [0, 0.05) is 13.1 Å². The van der Waals surface area contributed by atoms with Crippen molar-refractivity contribution in [2.45, 2.75) is 19.8 Å². The summed E-state index contributed by atoms with van der Waals surface area (Å²) >= 11 is 5.92. The standard InChI is InChI=1S/C13H17ClN2O2/c1-9-5-7-16(8-6-9)12-10(13(17)18-2)3-4-11(14)15-12/h3-4,9H,5-8H2,1-2H3. The molecule has 0 radical (unpaired) electrons. The predicted octanol–water partition coefficient (Wildman–Crippen LogP) is 2.76. The summed E-state index contributed by atoms with van der Waals surface area (Å²) in [7, 11) is 1.37. The normalized spacial score (nSPS) is 16.7. The van der Waals surface area contributed by atoms with Crippen LogP contribution in [0.3, 0.4) is 0 Å². The van der Waals surface area contributed by atoms with Crippen molar-refractivity contribution >= 4 is 23.4 Å². The van der Waals surface area contributed by atoms with Crippen LogP contribution in [0.2, 0.25) is 5.15 Å². The maximum atomic E-state index is 11.7. The lowest BCUT2D eigenvalue weighted by Crippen LogP contribution is -2.34. The molecule has 1 aliphatic rings. The molecule has 18 heavy (non-hydrogen) atoms. The molecule has 0 unspecified atom stereocenters. The van der Waals surface area contributed by atoms with Gasteiger partial charge in [0.25, 0.3) is 0 Å². The molecule has 0 aromatic carbocycles. The number of halogens is 1. The fourth-order valence-corrected chi connectivity index (χ4v) is 2.30. The highest BCUT2D eigenvalue weighted by molar-refractivity contribution is 6.29. The van der Waals surface area contributed by atoms with Gasteiger partial charge in [0.15, 0.2) is 0 Å². The van der Waals surface area contributed by atoms with Crippen LogP contribution >= 0.6 is 11.6 Å². The fraction of sp³-hybridized carbons (Fsp3) is 0.538. The Balaban J connectivity index is 2.30. The Kier molecular flexibility index (Phi) is 4.07. The number of carbonyl (C=O) groups excluding carboxylic acids is 1. The highest BCUT2D eigenvalue weighted by atomic mass is 35.5. The minimum atomic E-state index is -0.368. The van der Waals surface area contributed by atoms with Crippen LogP contribution < -0.4 is 4.90 Å². The van der Waals surface area contributed by atoms with Gasteiger partial charge < -0.3 is 9.64 Å². The summed E-state index contributed by atoms with van der Waals surface area (Å²) in [5.41, 5.74) is 0.483. The largest absolute Gasteiger partial charge is 0.465 e. The molecule has 4 nitrogen and oxygen atoms in total. The molecule has 0 bridgehead atoms. The van der Waals surface area contributed by atoms with E-state index in [0.29, 0.717) is 16.5 Å². The fourth-order valence-electron chi connectivity index (χ4n) is 2.16. The minimum Gasteiger partial charge on any atom is -0.465 e. The van der Waals surface area contributed by atoms with E-state index < -0.39 is 0 Å². The van der Waals surface area contributed by atoms with Gasteiger partial charge >= 0.3 is 5.97 Å². The van der Waals surface area contributed by atoms with Crippen molar-refractivity contribution in [3.05, 3.63) is 22.8 Å². The van der Waals surface area contributed by atoms with Crippen molar-refractivity contribution in [3.8, 4) is 0 Å². The number of esters is 1. The second-order valence-corrected chi connectivity index (χ2v) is 5.05. The topological polar surface area (TPSA) is 42.4 Å². The van der Waals surface area contributed by atoms with Gasteiger partial charge in [-0.25, -0.2) is 9.78 Å². The van der Waals surface area contributed by atoms with E-state index in [4.69, 9.17) is 16.3 Å². The van der Waals surface area contributed by atoms with Crippen molar-refractivity contribution < 1.29 is 9.53 Å². The van der Waals surface area contributed by atoms with Crippen molar-refractivity contribution in [3.63, 3.8) is 0 Å². The SMILES string of the molecule is COC(=O)c1ccc(Cl)nc1N1CCC(C)CC1. The first-order chi connectivity index (χ1) is 8.61. The first-order valence-corrected chi connectivity index (χ1v) is 6.49. The molecule has 0 saturated carbocycles. The zero-order chi connectivity index (χ0) is 13.1. The average molecular weight is 269 g/mol. The molecule has 1 fully saturated rings. The molecular formula is C13H17ClN2O2. The first-order valence-electron chi connectivity index (χ1n) is 6.11. The molecule has 0 spiro atoms. The number of anilines is 1. The third-order valence-corrected chi connectivity index (χ3v) is 3.54. The molecule has 1 saturated heterocycles. The molecule has 0 atom stereocenters. The Bertz CT molecular complexity index is 443. The maximum absolute atomic E-state index is 11.7. The number of rotatable bonds is 2. The monoisotopic (exact) mass is 268 g/mol. The lowest BCUT2D eigenvalue weighted by atomic mass is 9.99. The van der Waals surface area contributed by atoms with Crippen LogP contribution in [-0.4, -0.2) is 31.2 Å². The van der Waals surface area contributed by atoms with E-state index in [0.717, 1.165) is 31.8 Å². The minimum absolute atomic E-state index is 0.368. The van der Waals surface area contributed by atoms with Crippen molar-refractivity contribution in [1.82, 2.24) is 4.98 Å². The van der Waals surface area contributed by atoms with E-state index >= 15 is 0 Å². The van der Waals surface area contributed by atoms with Crippen LogP contribution in [-0.2, 0) is 4.74 Å². The number of piperidine rings is 1. The third-order valence-electron chi connectivity index (χ3n) is 3.33. The zero-order valence-electron chi connectivity index (χ0n) is 10.6. The number of ether oxygens (including phenoxy) is 1. The van der Waals surface area contributed by atoms with E-state index in [1.165, 1.54) is 7.11 Å². The van der Waals surface area contributed by atoms with Crippen LogP contribution in [0.25, 0.3) is 0 Å². The number of carbonyl (C=O) groups is 1. The van der Waals surface area contributed by atoms with Gasteiger partial charge in [0.2, 0.25) is 0 Å². The van der Waals surface area contributed by atoms with E-state index in [2.05, 4.69) is 16.8 Å². The lowest BCUT2D eigenvalue weighted by molar-refractivity contribution is 0.0601. The Hall–Kier alpha value is -1.29. The Morgan fingerprint density at radius 2 is 2.11 bits per heavy atom. The van der Waals surface area contributed by atoms with E-state index in [1.54, 1.807) is 12.1 Å². The van der Waals surface area contributed by atoms with Crippen LogP contribution in [0.5, 0.6) is 0 Å². The quantitative estimate of drug-likeness (QED) is 0.611. The predicted molar refractivity (Wildman–Crippen MR) is 71.2 cm³/mol. The van der Waals surface area contributed by atoms with Gasteiger partial charge in [-0.3, -0.25) is 0 Å². The summed E-state index contributed by atoms with van der Waals surface area (Å²) in [4.78, 5) is 18.1. The van der Waals surface area contributed by atoms with Gasteiger partial charge in [0.05, 0.1) is 7.11 Å². The van der Waals surface area contributed by atoms with Gasteiger partial charge in [-0.15, -0.1) is 0 Å². The molecule has 5 heteroatoms. The number of nitrogens with zero attached hydrogens (tertiary/aromatic N) is 2. The smallest absolute Gasteiger partial charge is 0.341 e. The molecule has 1 aromatic heterocycles. The molecule has 2 rings (SSSR count). The van der Waals surface area contributed by atoms with Crippen LogP contribution in [0, 0.1) is 5.92 Å². The summed E-state index contributed by atoms with van der Waals surface area (Å²) in [5.74, 6) is 0.996. The molecule has 0 aliphatic carbocycles. The second-order valence-electron chi connectivity index (χ2n) is 4.67. The van der Waals surface area contributed by atoms with Gasteiger partial charge in [-0.05, 0) is 30.9 Å². The number of methoxy groups -OCH3 is 1.